The fourth-order valence-electron chi connectivity index (χ4n) is 3.65. The van der Waals surface area contributed by atoms with Gasteiger partial charge in [0, 0.05) is 43.2 Å². The van der Waals surface area contributed by atoms with E-state index >= 15 is 0 Å². The number of ketones is 1. The fourth-order valence-corrected chi connectivity index (χ4v) is 3.87. The summed E-state index contributed by atoms with van der Waals surface area (Å²) < 4.78 is 16.6. The van der Waals surface area contributed by atoms with Gasteiger partial charge in [-0.3, -0.25) is 19.5 Å². The monoisotopic (exact) mass is 507 g/mol. The topological polar surface area (TPSA) is 90.0 Å². The average molecular weight is 508 g/mol. The van der Waals surface area contributed by atoms with E-state index in [2.05, 4.69) is 10.3 Å². The highest BCUT2D eigenvalue weighted by atomic mass is 35.5. The molecule has 4 rings (SSSR count). The summed E-state index contributed by atoms with van der Waals surface area (Å²) in [7, 11) is 1.57. The van der Waals surface area contributed by atoms with Gasteiger partial charge in [0.2, 0.25) is 5.78 Å². The maximum Gasteiger partial charge on any atom is 0.265 e. The summed E-state index contributed by atoms with van der Waals surface area (Å²) in [4.78, 5) is 31.6. The van der Waals surface area contributed by atoms with Crippen molar-refractivity contribution in [1.29, 1.82) is 0 Å². The third kappa shape index (κ3) is 6.02. The van der Waals surface area contributed by atoms with E-state index in [0.717, 1.165) is 5.56 Å². The highest BCUT2D eigenvalue weighted by Crippen LogP contribution is 2.30. The molecule has 1 aromatic heterocycles. The van der Waals surface area contributed by atoms with Gasteiger partial charge in [0.05, 0.1) is 31.0 Å². The Bertz CT molecular complexity index is 1250. The third-order valence-corrected chi connectivity index (χ3v) is 5.81. The number of nitrogens with one attached hydrogen (secondary N) is 1. The largest absolute Gasteiger partial charge is 0.497 e. The Morgan fingerprint density at radius 2 is 1.86 bits per heavy atom. The van der Waals surface area contributed by atoms with Crippen molar-refractivity contribution in [3.8, 4) is 11.5 Å². The lowest BCUT2D eigenvalue weighted by Crippen LogP contribution is -2.41. The summed E-state index contributed by atoms with van der Waals surface area (Å²) in [6.45, 7) is 1.21. The molecule has 2 aromatic carbocycles. The predicted octanol–water partition coefficient (Wildman–Crippen LogP) is 4.39. The second kappa shape index (κ2) is 12.2. The molecule has 1 aliphatic heterocycles. The third-order valence-electron chi connectivity index (χ3n) is 5.51. The first-order valence-electron chi connectivity index (χ1n) is 11.4. The number of fused-ring (bicyclic) bond motifs is 1. The van der Waals surface area contributed by atoms with Crippen LogP contribution in [0.25, 0.3) is 0 Å². The number of Topliss-reactive ketones (excluding diaryl/α,β-unsaturated/α-hetero) is 1. The Morgan fingerprint density at radius 1 is 1.06 bits per heavy atom. The van der Waals surface area contributed by atoms with Crippen molar-refractivity contribution in [3.05, 3.63) is 94.9 Å². The van der Waals surface area contributed by atoms with Crippen LogP contribution in [-0.4, -0.2) is 43.7 Å². The lowest BCUT2D eigenvalue weighted by Gasteiger charge is -2.29. The second-order valence-electron chi connectivity index (χ2n) is 7.91. The van der Waals surface area contributed by atoms with Crippen LogP contribution in [0.4, 0.5) is 5.69 Å². The van der Waals surface area contributed by atoms with Gasteiger partial charge >= 0.3 is 0 Å². The quantitative estimate of drug-likeness (QED) is 0.234. The van der Waals surface area contributed by atoms with Gasteiger partial charge < -0.3 is 19.5 Å². The number of hydrogen-bond acceptors (Lipinski definition) is 7. The molecule has 1 N–H and O–H groups in total. The maximum absolute atomic E-state index is 13.2. The lowest BCUT2D eigenvalue weighted by atomic mass is 9.96. The van der Waals surface area contributed by atoms with Crippen molar-refractivity contribution in [1.82, 2.24) is 10.3 Å². The molecule has 2 heterocycles. The second-order valence-corrected chi connectivity index (χ2v) is 8.32. The number of nitrogens with zero attached hydrogens (tertiary/aromatic N) is 2. The molecule has 0 atom stereocenters. The Hall–Kier alpha value is -3.88. The van der Waals surface area contributed by atoms with E-state index in [4.69, 9.17) is 25.8 Å². The molecule has 36 heavy (non-hydrogen) atoms. The number of amides is 1. The van der Waals surface area contributed by atoms with Gasteiger partial charge in [-0.2, -0.15) is 0 Å². The smallest absolute Gasteiger partial charge is 0.265 e. The molecular weight excluding hydrogens is 482 g/mol. The predicted molar refractivity (Wildman–Crippen MR) is 136 cm³/mol. The van der Waals surface area contributed by atoms with Crippen LogP contribution < -0.4 is 19.7 Å². The minimum atomic E-state index is -0.415. The molecule has 1 aliphatic rings. The molecular formula is C27H26ClN3O5. The van der Waals surface area contributed by atoms with E-state index in [0.29, 0.717) is 54.0 Å². The number of benzene rings is 2. The molecule has 0 aliphatic carbocycles. The molecule has 0 saturated heterocycles. The minimum Gasteiger partial charge on any atom is -0.497 e. The molecule has 186 valence electrons. The van der Waals surface area contributed by atoms with E-state index in [1.54, 1.807) is 62.0 Å². The number of pyridine rings is 1. The van der Waals surface area contributed by atoms with Crippen LogP contribution in [0.1, 0.15) is 22.3 Å². The van der Waals surface area contributed by atoms with Gasteiger partial charge in [-0.05, 0) is 42.0 Å². The van der Waals surface area contributed by atoms with Crippen LogP contribution in [0.3, 0.4) is 0 Å². The summed E-state index contributed by atoms with van der Waals surface area (Å²) >= 11 is 6.19. The summed E-state index contributed by atoms with van der Waals surface area (Å²) in [5.74, 6) is 0.479. The number of anilines is 1. The molecule has 9 heteroatoms. The number of rotatable bonds is 11. The van der Waals surface area contributed by atoms with E-state index in [9.17, 15) is 9.59 Å². The van der Waals surface area contributed by atoms with Gasteiger partial charge in [-0.1, -0.05) is 23.7 Å². The minimum absolute atomic E-state index is 0.00805. The maximum atomic E-state index is 13.2. The van der Waals surface area contributed by atoms with Gasteiger partial charge in [-0.15, -0.1) is 0 Å². The highest BCUT2D eigenvalue weighted by molar-refractivity contribution is 6.34. The Labute approximate surface area is 214 Å². The zero-order chi connectivity index (χ0) is 25.3. The number of carbonyl (C=O) groups is 2. The van der Waals surface area contributed by atoms with Gasteiger partial charge in [0.15, 0.2) is 0 Å². The Balaban J connectivity index is 1.34. The zero-order valence-electron chi connectivity index (χ0n) is 19.8. The number of aromatic nitrogens is 1. The van der Waals surface area contributed by atoms with Crippen molar-refractivity contribution in [2.75, 3.05) is 32.0 Å². The van der Waals surface area contributed by atoms with E-state index in [-0.39, 0.29) is 18.1 Å². The molecule has 0 spiro atoms. The van der Waals surface area contributed by atoms with Crippen molar-refractivity contribution in [3.63, 3.8) is 0 Å². The number of halogens is 1. The first-order valence-corrected chi connectivity index (χ1v) is 11.8. The Morgan fingerprint density at radius 3 is 2.64 bits per heavy atom. The number of carbonyl (C=O) groups excluding carboxylic acids is 2. The van der Waals surface area contributed by atoms with Crippen LogP contribution in [0.5, 0.6) is 11.5 Å². The summed E-state index contributed by atoms with van der Waals surface area (Å²) in [5.41, 5.74) is 2.02. The van der Waals surface area contributed by atoms with Crippen molar-refractivity contribution >= 4 is 29.0 Å². The average Bonchev–Trinajstić information content (AvgIpc) is 2.91. The fraction of sp³-hybridized carbons (Fsp3) is 0.222. The van der Waals surface area contributed by atoms with Crippen LogP contribution in [-0.2, 0) is 16.1 Å². The Kier molecular flexibility index (Phi) is 8.54. The first kappa shape index (κ1) is 25.2. The number of methoxy groups -OCH3 is 1. The van der Waals surface area contributed by atoms with E-state index in [1.165, 1.54) is 11.1 Å². The van der Waals surface area contributed by atoms with Crippen LogP contribution in [0, 0.1) is 0 Å². The van der Waals surface area contributed by atoms with Crippen molar-refractivity contribution in [2.45, 2.75) is 13.0 Å². The molecule has 1 amide bonds. The number of ether oxygens (including phenoxy) is 3. The van der Waals surface area contributed by atoms with Gasteiger partial charge in [0.1, 0.15) is 23.8 Å². The lowest BCUT2D eigenvalue weighted by molar-refractivity contribution is -0.116. The van der Waals surface area contributed by atoms with Crippen molar-refractivity contribution in [2.24, 2.45) is 0 Å². The standard InChI is InChI=1S/C27H26ClN3O5/c1-34-20-7-8-25(23(28)15-20)36-14-4-13-35-18-31-24-6-3-2-5-21(24)26(32)22(27(31)33)17-30-16-19-9-11-29-12-10-19/h2-3,5-12,15,17,30H,4,13-14,16,18H2,1H3. The van der Waals surface area contributed by atoms with Crippen LogP contribution in [0.2, 0.25) is 5.02 Å². The van der Waals surface area contributed by atoms with E-state index < -0.39 is 5.91 Å². The van der Waals surface area contributed by atoms with Crippen molar-refractivity contribution < 1.29 is 23.8 Å². The molecule has 3 aromatic rings. The molecule has 0 radical (unpaired) electrons. The molecule has 0 fully saturated rings. The molecule has 0 saturated carbocycles. The summed E-state index contributed by atoms with van der Waals surface area (Å²) in [5, 5.41) is 3.53. The number of para-hydroxylation sites is 1. The van der Waals surface area contributed by atoms with Crippen LogP contribution >= 0.6 is 11.6 Å². The highest BCUT2D eigenvalue weighted by Gasteiger charge is 2.34. The molecule has 0 bridgehead atoms. The zero-order valence-corrected chi connectivity index (χ0v) is 20.5. The van der Waals surface area contributed by atoms with Crippen LogP contribution in [0.15, 0.2) is 78.8 Å². The summed E-state index contributed by atoms with van der Waals surface area (Å²) in [6.07, 6.45) is 5.43. The SMILES string of the molecule is COc1ccc(OCCCOCN2C(=O)C(=CNCc3ccncc3)C(=O)c3ccccc32)c(Cl)c1. The van der Waals surface area contributed by atoms with E-state index in [1.807, 2.05) is 12.1 Å². The molecule has 8 nitrogen and oxygen atoms in total. The van der Waals surface area contributed by atoms with Gasteiger partial charge in [-0.25, -0.2) is 0 Å². The summed E-state index contributed by atoms with van der Waals surface area (Å²) in [6, 6.07) is 15.9. The molecule has 0 unspecified atom stereocenters. The first-order chi connectivity index (χ1) is 17.6. The normalized spacial score (nSPS) is 14.1. The number of hydrogen-bond donors (Lipinski definition) is 1. The van der Waals surface area contributed by atoms with Gasteiger partial charge in [0.25, 0.3) is 5.91 Å².